The Kier molecular flexibility index (Phi) is 2.38. The number of aromatic nitrogens is 1. The third-order valence-electron chi connectivity index (χ3n) is 1.84. The lowest BCUT2D eigenvalue weighted by Crippen LogP contribution is -1.87. The molecule has 2 rings (SSSR count). The lowest BCUT2D eigenvalue weighted by Gasteiger charge is -2.02. The molecule has 0 saturated heterocycles. The molecule has 0 aliphatic heterocycles. The number of alkyl halides is 2. The Morgan fingerprint density at radius 2 is 1.77 bits per heavy atom. The molecule has 1 heterocycles. The van der Waals surface area contributed by atoms with E-state index in [9.17, 15) is 0 Å². The predicted molar refractivity (Wildman–Crippen MR) is 56.2 cm³/mol. The van der Waals surface area contributed by atoms with Crippen LogP contribution in [0.5, 0.6) is 0 Å². The van der Waals surface area contributed by atoms with E-state index in [0.717, 1.165) is 10.9 Å². The van der Waals surface area contributed by atoms with Gasteiger partial charge in [-0.1, -0.05) is 47.5 Å². The first-order chi connectivity index (χ1) is 6.27. The summed E-state index contributed by atoms with van der Waals surface area (Å²) in [6.07, 6.45) is 0. The van der Waals surface area contributed by atoms with Crippen molar-refractivity contribution in [2.24, 2.45) is 0 Å². The zero-order valence-corrected chi connectivity index (χ0v) is 8.26. The van der Waals surface area contributed by atoms with Gasteiger partial charge in [-0.25, -0.2) is 4.98 Å². The molecule has 0 atom stereocenters. The normalized spacial score (nSPS) is 11.0. The molecule has 2 aromatic rings. The summed E-state index contributed by atoms with van der Waals surface area (Å²) in [5, 5.41) is 1.10. The Bertz CT molecular complexity index is 426. The highest BCUT2D eigenvalue weighted by Crippen LogP contribution is 2.24. The van der Waals surface area contributed by atoms with Gasteiger partial charge in [-0.05, 0) is 12.1 Å². The predicted octanol–water partition coefficient (Wildman–Crippen LogP) is 3.71. The highest BCUT2D eigenvalue weighted by Gasteiger charge is 2.04. The molecule has 0 amide bonds. The number of pyridine rings is 1. The number of fused-ring (bicyclic) bond motifs is 1. The van der Waals surface area contributed by atoms with Crippen LogP contribution in [0.4, 0.5) is 0 Å². The van der Waals surface area contributed by atoms with E-state index < -0.39 is 4.84 Å². The van der Waals surface area contributed by atoms with Gasteiger partial charge >= 0.3 is 0 Å². The molecule has 0 aliphatic carbocycles. The summed E-state index contributed by atoms with van der Waals surface area (Å²) in [5.74, 6) is 0. The summed E-state index contributed by atoms with van der Waals surface area (Å²) >= 11 is 11.4. The summed E-state index contributed by atoms with van der Waals surface area (Å²) < 4.78 is 0. The van der Waals surface area contributed by atoms with Gasteiger partial charge in [0.25, 0.3) is 0 Å². The standard InChI is InChI=1S/C10H7Cl2N/c11-10(12)9-6-5-7-3-1-2-4-8(7)13-9/h1-6,10H. The SMILES string of the molecule is ClC(Cl)c1ccc2ccccc2n1. The second-order valence-electron chi connectivity index (χ2n) is 2.73. The molecule has 1 nitrogen and oxygen atoms in total. The summed E-state index contributed by atoms with van der Waals surface area (Å²) in [5.41, 5.74) is 1.62. The maximum absolute atomic E-state index is 5.71. The van der Waals surface area contributed by atoms with Crippen molar-refractivity contribution in [3.05, 3.63) is 42.1 Å². The van der Waals surface area contributed by atoms with Crippen molar-refractivity contribution in [3.63, 3.8) is 0 Å². The molecule has 0 unspecified atom stereocenters. The molecular formula is C10H7Cl2N. The van der Waals surface area contributed by atoms with E-state index in [2.05, 4.69) is 4.98 Å². The first kappa shape index (κ1) is 8.79. The topological polar surface area (TPSA) is 12.9 Å². The van der Waals surface area contributed by atoms with Crippen molar-refractivity contribution in [2.45, 2.75) is 4.84 Å². The highest BCUT2D eigenvalue weighted by atomic mass is 35.5. The molecular weight excluding hydrogens is 205 g/mol. The Hall–Kier alpha value is -0.790. The first-order valence-electron chi connectivity index (χ1n) is 3.91. The minimum absolute atomic E-state index is 0.551. The number of rotatable bonds is 1. The zero-order valence-electron chi connectivity index (χ0n) is 6.74. The van der Waals surface area contributed by atoms with E-state index >= 15 is 0 Å². The largest absolute Gasteiger partial charge is 0.250 e. The third kappa shape index (κ3) is 1.77. The van der Waals surface area contributed by atoms with Crippen LogP contribution in [0.3, 0.4) is 0 Å². The van der Waals surface area contributed by atoms with Crippen molar-refractivity contribution in [2.75, 3.05) is 0 Å². The van der Waals surface area contributed by atoms with E-state index in [1.807, 2.05) is 36.4 Å². The molecule has 0 bridgehead atoms. The van der Waals surface area contributed by atoms with Gasteiger partial charge in [-0.3, -0.25) is 0 Å². The first-order valence-corrected chi connectivity index (χ1v) is 4.78. The summed E-state index contributed by atoms with van der Waals surface area (Å²) in [6, 6.07) is 11.7. The molecule has 0 radical (unpaired) electrons. The van der Waals surface area contributed by atoms with E-state index in [1.54, 1.807) is 0 Å². The number of nitrogens with zero attached hydrogens (tertiary/aromatic N) is 1. The fourth-order valence-electron chi connectivity index (χ4n) is 1.20. The number of halogens is 2. The van der Waals surface area contributed by atoms with Crippen LogP contribution < -0.4 is 0 Å². The van der Waals surface area contributed by atoms with Gasteiger partial charge in [0.15, 0.2) is 0 Å². The van der Waals surface area contributed by atoms with Crippen LogP contribution in [0.1, 0.15) is 10.5 Å². The van der Waals surface area contributed by atoms with E-state index in [4.69, 9.17) is 23.2 Å². The van der Waals surface area contributed by atoms with Gasteiger partial charge in [0.2, 0.25) is 0 Å². The second kappa shape index (κ2) is 3.52. The number of hydrogen-bond acceptors (Lipinski definition) is 1. The molecule has 1 aromatic carbocycles. The summed E-state index contributed by atoms with van der Waals surface area (Å²) in [4.78, 5) is 3.76. The van der Waals surface area contributed by atoms with Crippen molar-refractivity contribution >= 4 is 34.1 Å². The molecule has 0 saturated carbocycles. The van der Waals surface area contributed by atoms with Crippen LogP contribution >= 0.6 is 23.2 Å². The van der Waals surface area contributed by atoms with Crippen molar-refractivity contribution in [1.82, 2.24) is 4.98 Å². The summed E-state index contributed by atoms with van der Waals surface area (Å²) in [7, 11) is 0. The molecule has 3 heteroatoms. The van der Waals surface area contributed by atoms with E-state index in [-0.39, 0.29) is 0 Å². The molecule has 0 spiro atoms. The van der Waals surface area contributed by atoms with E-state index in [1.165, 1.54) is 0 Å². The van der Waals surface area contributed by atoms with Gasteiger partial charge < -0.3 is 0 Å². The number of hydrogen-bond donors (Lipinski definition) is 0. The Morgan fingerprint density at radius 3 is 2.54 bits per heavy atom. The monoisotopic (exact) mass is 211 g/mol. The quantitative estimate of drug-likeness (QED) is 0.656. The van der Waals surface area contributed by atoms with Crippen molar-refractivity contribution in [1.29, 1.82) is 0 Å². The molecule has 0 fully saturated rings. The summed E-state index contributed by atoms with van der Waals surface area (Å²) in [6.45, 7) is 0. The highest BCUT2D eigenvalue weighted by molar-refractivity contribution is 6.43. The number of benzene rings is 1. The van der Waals surface area contributed by atoms with Crippen LogP contribution in [-0.4, -0.2) is 4.98 Å². The Balaban J connectivity index is 2.62. The molecule has 0 N–H and O–H groups in total. The van der Waals surface area contributed by atoms with Crippen molar-refractivity contribution in [3.8, 4) is 0 Å². The van der Waals surface area contributed by atoms with Crippen LogP contribution in [0.25, 0.3) is 10.9 Å². The average molecular weight is 212 g/mol. The zero-order chi connectivity index (χ0) is 9.26. The Labute approximate surface area is 86.3 Å². The van der Waals surface area contributed by atoms with Crippen LogP contribution in [-0.2, 0) is 0 Å². The van der Waals surface area contributed by atoms with Crippen LogP contribution in [0, 0.1) is 0 Å². The van der Waals surface area contributed by atoms with Gasteiger partial charge in [-0.15, -0.1) is 0 Å². The molecule has 0 aliphatic rings. The minimum atomic E-state index is -0.551. The smallest absolute Gasteiger partial charge is 0.149 e. The van der Waals surface area contributed by atoms with Gasteiger partial charge in [0, 0.05) is 5.39 Å². The lowest BCUT2D eigenvalue weighted by molar-refractivity contribution is 1.19. The molecule has 13 heavy (non-hydrogen) atoms. The number of para-hydroxylation sites is 1. The van der Waals surface area contributed by atoms with E-state index in [0.29, 0.717) is 5.69 Å². The maximum atomic E-state index is 5.71. The van der Waals surface area contributed by atoms with Crippen LogP contribution in [0.2, 0.25) is 0 Å². The molecule has 66 valence electrons. The second-order valence-corrected chi connectivity index (χ2v) is 3.83. The Morgan fingerprint density at radius 1 is 1.00 bits per heavy atom. The van der Waals surface area contributed by atoms with Crippen molar-refractivity contribution < 1.29 is 0 Å². The molecule has 1 aromatic heterocycles. The third-order valence-corrected chi connectivity index (χ3v) is 2.29. The lowest BCUT2D eigenvalue weighted by atomic mass is 10.2. The fourth-order valence-corrected chi connectivity index (χ4v) is 1.45. The minimum Gasteiger partial charge on any atom is -0.250 e. The fraction of sp³-hybridized carbons (Fsp3) is 0.100. The maximum Gasteiger partial charge on any atom is 0.149 e. The van der Waals surface area contributed by atoms with Gasteiger partial charge in [0.1, 0.15) is 4.84 Å². The van der Waals surface area contributed by atoms with Gasteiger partial charge in [-0.2, -0.15) is 0 Å². The average Bonchev–Trinajstić information content (AvgIpc) is 2.17. The van der Waals surface area contributed by atoms with Gasteiger partial charge in [0.05, 0.1) is 11.2 Å². The van der Waals surface area contributed by atoms with Crippen LogP contribution in [0.15, 0.2) is 36.4 Å².